The first-order valence-electron chi connectivity index (χ1n) is 11.2. The summed E-state index contributed by atoms with van der Waals surface area (Å²) in [5.41, 5.74) is 3.96. The maximum absolute atomic E-state index is 14.2. The van der Waals surface area contributed by atoms with Crippen LogP contribution in [0, 0.1) is 11.6 Å². The molecule has 1 aromatic heterocycles. The number of H-pyrrole nitrogens is 1. The minimum Gasteiger partial charge on any atom is -0.378 e. The molecule has 3 aliphatic heterocycles. The van der Waals surface area contributed by atoms with Crippen LogP contribution in [-0.2, 0) is 24.1 Å². The number of aromatic amines is 1. The van der Waals surface area contributed by atoms with E-state index >= 15 is 0 Å². The first-order chi connectivity index (χ1) is 15.1. The van der Waals surface area contributed by atoms with Gasteiger partial charge in [-0.1, -0.05) is 13.0 Å². The molecule has 8 heteroatoms. The first kappa shape index (κ1) is 20.6. The van der Waals surface area contributed by atoms with E-state index in [2.05, 4.69) is 15.1 Å². The first-order valence-corrected chi connectivity index (χ1v) is 11.2. The van der Waals surface area contributed by atoms with Crippen LogP contribution in [-0.4, -0.2) is 64.8 Å². The molecule has 0 unspecified atom stereocenters. The molecule has 0 aliphatic carbocycles. The van der Waals surface area contributed by atoms with Gasteiger partial charge in [-0.05, 0) is 48.8 Å². The number of piperidine rings is 1. The molecule has 4 heterocycles. The number of amides is 1. The lowest BCUT2D eigenvalue weighted by molar-refractivity contribution is -0.0698. The number of benzene rings is 1. The fraction of sp³-hybridized carbons (Fsp3) is 0.565. The van der Waals surface area contributed by atoms with E-state index in [4.69, 9.17) is 4.74 Å². The van der Waals surface area contributed by atoms with Gasteiger partial charge in [-0.15, -0.1) is 0 Å². The predicted octanol–water partition coefficient (Wildman–Crippen LogP) is 3.03. The minimum atomic E-state index is -0.792. The van der Waals surface area contributed by atoms with Crippen molar-refractivity contribution < 1.29 is 18.3 Å². The number of fused-ring (bicyclic) bond motifs is 1. The van der Waals surface area contributed by atoms with Gasteiger partial charge >= 0.3 is 0 Å². The van der Waals surface area contributed by atoms with Crippen LogP contribution in [0.5, 0.6) is 0 Å². The number of hydrogen-bond acceptors (Lipinski definition) is 4. The summed E-state index contributed by atoms with van der Waals surface area (Å²) in [7, 11) is 0. The second-order valence-corrected chi connectivity index (χ2v) is 8.79. The Kier molecular flexibility index (Phi) is 5.52. The number of nitrogens with zero attached hydrogens (tertiary/aromatic N) is 3. The standard InChI is InChI=1S/C23H28F2N4O2/c1-2-16-17(3-4-19(24)21(16)25)14-5-8-28(9-6-14)23(30)22-18-7-10-29(15-12-31-13-15)11-20(18)26-27-22/h3-4,14-15H,2,5-13H2,1H3,(H,26,27). The zero-order valence-corrected chi connectivity index (χ0v) is 17.8. The van der Waals surface area contributed by atoms with E-state index in [0.29, 0.717) is 36.8 Å². The molecule has 0 spiro atoms. The SMILES string of the molecule is CCc1c(C2CCN(C(=O)c3n[nH]c4c3CCN(C3COC3)C4)CC2)ccc(F)c1F. The predicted molar refractivity (Wildman–Crippen MR) is 111 cm³/mol. The summed E-state index contributed by atoms with van der Waals surface area (Å²) in [5.74, 6) is -1.41. The topological polar surface area (TPSA) is 61.5 Å². The third kappa shape index (κ3) is 3.65. The van der Waals surface area contributed by atoms with Gasteiger partial charge in [0.25, 0.3) is 5.91 Å². The Hall–Kier alpha value is -2.32. The number of rotatable bonds is 4. The molecule has 3 aliphatic rings. The summed E-state index contributed by atoms with van der Waals surface area (Å²) in [5, 5.41) is 7.45. The highest BCUT2D eigenvalue weighted by Gasteiger charge is 2.34. The summed E-state index contributed by atoms with van der Waals surface area (Å²) in [6.07, 6.45) is 2.76. The average Bonchev–Trinajstić information content (AvgIpc) is 3.17. The third-order valence-electron chi connectivity index (χ3n) is 7.11. The summed E-state index contributed by atoms with van der Waals surface area (Å²) in [6.45, 7) is 6.29. The molecule has 0 atom stereocenters. The van der Waals surface area contributed by atoms with E-state index in [1.54, 1.807) is 6.07 Å². The molecule has 166 valence electrons. The molecule has 2 aromatic rings. The number of nitrogens with one attached hydrogen (secondary N) is 1. The molecular weight excluding hydrogens is 402 g/mol. The molecule has 1 aromatic carbocycles. The number of carbonyl (C=O) groups excluding carboxylic acids is 1. The van der Waals surface area contributed by atoms with Gasteiger partial charge in [0.1, 0.15) is 0 Å². The van der Waals surface area contributed by atoms with Crippen LogP contribution in [0.3, 0.4) is 0 Å². The van der Waals surface area contributed by atoms with E-state index in [1.165, 1.54) is 6.07 Å². The van der Waals surface area contributed by atoms with Crippen molar-refractivity contribution >= 4 is 5.91 Å². The van der Waals surface area contributed by atoms with Gasteiger partial charge in [-0.2, -0.15) is 5.10 Å². The number of halogens is 2. The van der Waals surface area contributed by atoms with Gasteiger partial charge in [0.15, 0.2) is 17.3 Å². The Labute approximate surface area is 180 Å². The van der Waals surface area contributed by atoms with Crippen LogP contribution >= 0.6 is 0 Å². The highest BCUT2D eigenvalue weighted by Crippen LogP contribution is 2.33. The molecule has 2 fully saturated rings. The molecule has 31 heavy (non-hydrogen) atoms. The Morgan fingerprint density at radius 1 is 1.23 bits per heavy atom. The fourth-order valence-corrected chi connectivity index (χ4v) is 5.15. The summed E-state index contributed by atoms with van der Waals surface area (Å²) in [6, 6.07) is 3.40. The van der Waals surface area contributed by atoms with E-state index in [-0.39, 0.29) is 11.8 Å². The van der Waals surface area contributed by atoms with Gasteiger partial charge in [-0.3, -0.25) is 14.8 Å². The minimum absolute atomic E-state index is 0.0302. The zero-order valence-electron chi connectivity index (χ0n) is 17.8. The van der Waals surface area contributed by atoms with Crippen LogP contribution in [0.2, 0.25) is 0 Å². The van der Waals surface area contributed by atoms with E-state index in [0.717, 1.165) is 62.4 Å². The van der Waals surface area contributed by atoms with Crippen molar-refractivity contribution in [3.8, 4) is 0 Å². The zero-order chi connectivity index (χ0) is 21.5. The van der Waals surface area contributed by atoms with Crippen LogP contribution in [0.25, 0.3) is 0 Å². The Bertz CT molecular complexity index is 980. The van der Waals surface area contributed by atoms with Crippen molar-refractivity contribution in [2.45, 2.75) is 51.1 Å². The fourth-order valence-electron chi connectivity index (χ4n) is 5.15. The highest BCUT2D eigenvalue weighted by atomic mass is 19.2. The Balaban J connectivity index is 1.25. The molecule has 6 nitrogen and oxygen atoms in total. The maximum Gasteiger partial charge on any atom is 0.274 e. The third-order valence-corrected chi connectivity index (χ3v) is 7.11. The number of carbonyl (C=O) groups is 1. The summed E-state index contributed by atoms with van der Waals surface area (Å²) in [4.78, 5) is 17.4. The smallest absolute Gasteiger partial charge is 0.274 e. The van der Waals surface area contributed by atoms with Crippen molar-refractivity contribution in [1.29, 1.82) is 0 Å². The molecule has 1 N–H and O–H groups in total. The second-order valence-electron chi connectivity index (χ2n) is 8.79. The normalized spacial score (nSPS) is 20.5. The quantitative estimate of drug-likeness (QED) is 0.810. The van der Waals surface area contributed by atoms with Crippen molar-refractivity contribution in [1.82, 2.24) is 20.0 Å². The van der Waals surface area contributed by atoms with Gasteiger partial charge in [0.05, 0.1) is 24.9 Å². The summed E-state index contributed by atoms with van der Waals surface area (Å²) < 4.78 is 33.1. The van der Waals surface area contributed by atoms with Gasteiger partial charge in [0, 0.05) is 31.7 Å². The molecule has 0 saturated carbocycles. The largest absolute Gasteiger partial charge is 0.378 e. The highest BCUT2D eigenvalue weighted by molar-refractivity contribution is 5.94. The maximum atomic E-state index is 14.2. The molecule has 1 amide bonds. The monoisotopic (exact) mass is 430 g/mol. The number of ether oxygens (including phenoxy) is 1. The van der Waals surface area contributed by atoms with E-state index in [9.17, 15) is 13.6 Å². The number of hydrogen-bond donors (Lipinski definition) is 1. The van der Waals surface area contributed by atoms with Crippen molar-refractivity contribution in [2.75, 3.05) is 32.8 Å². The van der Waals surface area contributed by atoms with Crippen molar-refractivity contribution in [2.24, 2.45) is 0 Å². The second kappa shape index (κ2) is 8.31. The number of aromatic nitrogens is 2. The molecule has 0 radical (unpaired) electrons. The summed E-state index contributed by atoms with van der Waals surface area (Å²) >= 11 is 0. The van der Waals surface area contributed by atoms with Gasteiger partial charge in [0.2, 0.25) is 0 Å². The van der Waals surface area contributed by atoms with Gasteiger partial charge < -0.3 is 9.64 Å². The van der Waals surface area contributed by atoms with Crippen LogP contribution in [0.15, 0.2) is 12.1 Å². The lowest BCUT2D eigenvalue weighted by Crippen LogP contribution is -2.50. The molecule has 0 bridgehead atoms. The molecule has 2 saturated heterocycles. The van der Waals surface area contributed by atoms with Crippen LogP contribution in [0.1, 0.15) is 58.6 Å². The van der Waals surface area contributed by atoms with Crippen molar-refractivity contribution in [3.63, 3.8) is 0 Å². The Morgan fingerprint density at radius 3 is 2.68 bits per heavy atom. The average molecular weight is 430 g/mol. The number of likely N-dealkylation sites (tertiary alicyclic amines) is 1. The van der Waals surface area contributed by atoms with Crippen molar-refractivity contribution in [3.05, 3.63) is 51.8 Å². The van der Waals surface area contributed by atoms with E-state index < -0.39 is 11.6 Å². The lowest BCUT2D eigenvalue weighted by atomic mass is 9.85. The van der Waals surface area contributed by atoms with Crippen LogP contribution < -0.4 is 0 Å². The van der Waals surface area contributed by atoms with Gasteiger partial charge in [-0.25, -0.2) is 8.78 Å². The lowest BCUT2D eigenvalue weighted by Gasteiger charge is -2.39. The van der Waals surface area contributed by atoms with Crippen LogP contribution in [0.4, 0.5) is 8.78 Å². The van der Waals surface area contributed by atoms with E-state index in [1.807, 2.05) is 11.8 Å². The molecular formula is C23H28F2N4O2. The molecule has 5 rings (SSSR count). The Morgan fingerprint density at radius 2 is 2.00 bits per heavy atom.